The molecule has 20 heteroatoms. The number of nitrogens with zero attached hydrogens (tertiary/aromatic N) is 17. The molecule has 16 aromatic carbocycles. The molecule has 7 aromatic heterocycles. The third-order valence-electron chi connectivity index (χ3n) is 23.4. The zero-order chi connectivity index (χ0) is 88.2. The van der Waals surface area contributed by atoms with Gasteiger partial charge in [0.25, 0.3) is 0 Å². The fourth-order valence-corrected chi connectivity index (χ4v) is 17.1. The van der Waals surface area contributed by atoms with Crippen molar-refractivity contribution in [3.63, 3.8) is 0 Å². The van der Waals surface area contributed by atoms with Gasteiger partial charge in [-0.25, -0.2) is 74.8 Å². The maximum atomic E-state index is 18.4. The number of fused-ring (bicyclic) bond motifs is 6. The fourth-order valence-electron chi connectivity index (χ4n) is 17.1. The molecule has 17 nitrogen and oxygen atoms in total. The lowest BCUT2D eigenvalue weighted by molar-refractivity contribution is -0.136. The Morgan fingerprint density at radius 2 is 0.333 bits per heavy atom. The fraction of sp³-hybridized carbons (Fsp3) is 0.00893. The standard InChI is InChI=1S/C112H68F3N17/c113-112(114,115)96-84(52-31-53-95(96)132-93-62-57-82(110-127-103(75-44-23-7-24-45-75)119-104(128-110)76-46-25-8-26-47-76)67-88(93)89-68-83(58-63-94(89)132)111-129-105(77-48-27-9-28-49-77)120-106(130-111)78-50-29-10-30-51-78)85-64-79(107-121-97(69-32-11-1-12-33-69)116-98(122-107)70-34-13-2-14-35-70)54-59-90(85)131-91-60-55-80(108-123-99(71-36-15-3-16-37-71)117-100(124-108)72-38-17-4-18-39-72)65-86(91)87-66-81(56-61-92(87)131)109-125-101(73-40-19-5-20-41-73)118-102(126-109)74-42-21-6-22-43-74/h1-68H. The average Bonchev–Trinajstić information content (AvgIpc) is 1.55. The Labute approximate surface area is 753 Å². The summed E-state index contributed by atoms with van der Waals surface area (Å²) in [5.41, 5.74) is 11.8. The molecule has 622 valence electrons. The molecule has 0 aliphatic rings. The minimum atomic E-state index is -5.11. The lowest BCUT2D eigenvalue weighted by Crippen LogP contribution is -2.13. The predicted octanol–water partition coefficient (Wildman–Crippen LogP) is 26.5. The number of rotatable bonds is 18. The van der Waals surface area contributed by atoms with Gasteiger partial charge in [0.2, 0.25) is 0 Å². The zero-order valence-electron chi connectivity index (χ0n) is 70.0. The van der Waals surface area contributed by atoms with Gasteiger partial charge in [0.15, 0.2) is 87.4 Å². The first-order valence-corrected chi connectivity index (χ1v) is 42.9. The van der Waals surface area contributed by atoms with Crippen molar-refractivity contribution in [1.82, 2.24) is 83.9 Å². The van der Waals surface area contributed by atoms with E-state index in [-0.39, 0.29) is 22.6 Å². The molecule has 0 fully saturated rings. The van der Waals surface area contributed by atoms with Crippen LogP contribution in [0.1, 0.15) is 5.56 Å². The molecule has 0 bridgehead atoms. The summed E-state index contributed by atoms with van der Waals surface area (Å²) in [4.78, 5) is 77.3. The minimum absolute atomic E-state index is 0.165. The highest BCUT2D eigenvalue weighted by Crippen LogP contribution is 2.49. The van der Waals surface area contributed by atoms with E-state index in [1.807, 2.05) is 393 Å². The molecule has 132 heavy (non-hydrogen) atoms. The van der Waals surface area contributed by atoms with Gasteiger partial charge in [-0.3, -0.25) is 0 Å². The van der Waals surface area contributed by atoms with Crippen LogP contribution >= 0.6 is 0 Å². The topological polar surface area (TPSA) is 203 Å². The van der Waals surface area contributed by atoms with Crippen molar-refractivity contribution in [2.75, 3.05) is 0 Å². The Kier molecular flexibility index (Phi) is 19.9. The van der Waals surface area contributed by atoms with E-state index >= 15 is 13.2 Å². The zero-order valence-corrected chi connectivity index (χ0v) is 70.0. The molecular formula is C112H68F3N17. The number of benzene rings is 16. The van der Waals surface area contributed by atoms with Crippen molar-refractivity contribution in [3.05, 3.63) is 418 Å². The quantitative estimate of drug-likeness (QED) is 0.0784. The molecule has 23 rings (SSSR count). The van der Waals surface area contributed by atoms with Gasteiger partial charge in [-0.15, -0.1) is 0 Å². The first-order valence-electron chi connectivity index (χ1n) is 42.9. The molecule has 0 spiro atoms. The van der Waals surface area contributed by atoms with Crippen molar-refractivity contribution in [2.24, 2.45) is 0 Å². The molecule has 0 saturated carbocycles. The maximum absolute atomic E-state index is 18.4. The first-order chi connectivity index (χ1) is 65.0. The van der Waals surface area contributed by atoms with Gasteiger partial charge >= 0.3 is 6.18 Å². The van der Waals surface area contributed by atoms with Crippen molar-refractivity contribution in [2.45, 2.75) is 6.18 Å². The van der Waals surface area contributed by atoms with E-state index in [1.54, 1.807) is 28.8 Å². The molecule has 0 N–H and O–H groups in total. The van der Waals surface area contributed by atoms with E-state index in [2.05, 4.69) is 0 Å². The monoisotopic (exact) mass is 1710 g/mol. The Balaban J connectivity index is 0.791. The largest absolute Gasteiger partial charge is 0.419 e. The summed E-state index contributed by atoms with van der Waals surface area (Å²) >= 11 is 0. The van der Waals surface area contributed by atoms with E-state index in [4.69, 9.17) is 74.8 Å². The average molecular weight is 1710 g/mol. The second-order valence-electron chi connectivity index (χ2n) is 31.7. The van der Waals surface area contributed by atoms with Gasteiger partial charge < -0.3 is 9.13 Å². The van der Waals surface area contributed by atoms with Crippen LogP contribution in [0.2, 0.25) is 0 Å². The van der Waals surface area contributed by atoms with E-state index in [0.29, 0.717) is 170 Å². The smallest absolute Gasteiger partial charge is 0.309 e. The van der Waals surface area contributed by atoms with Gasteiger partial charge in [-0.2, -0.15) is 13.2 Å². The molecule has 0 radical (unpaired) electrons. The van der Waals surface area contributed by atoms with Crippen molar-refractivity contribution < 1.29 is 13.2 Å². The Bertz CT molecular complexity index is 7680. The summed E-state index contributed by atoms with van der Waals surface area (Å²) in [5.74, 6) is 5.94. The van der Waals surface area contributed by atoms with Gasteiger partial charge in [-0.05, 0) is 103 Å². The Morgan fingerprint density at radius 3 is 0.538 bits per heavy atom. The summed E-state index contributed by atoms with van der Waals surface area (Å²) in [6.45, 7) is 0. The summed E-state index contributed by atoms with van der Waals surface area (Å²) in [5, 5.41) is 2.55. The maximum Gasteiger partial charge on any atom is 0.419 e. The summed E-state index contributed by atoms with van der Waals surface area (Å²) in [6, 6.07) is 131. The molecule has 7 heterocycles. The van der Waals surface area contributed by atoms with Gasteiger partial charge in [0.05, 0.1) is 39.0 Å². The SMILES string of the molecule is FC(F)(F)c1c(-c2cc(-c3nc(-c4ccccc4)nc(-c4ccccc4)n3)ccc2-n2c3ccc(-c4nc(-c5ccccc5)nc(-c5ccccc5)n4)cc3c3cc(-c4nc(-c5ccccc5)nc(-c5ccccc5)n4)ccc32)cccc1-n1c2ccc(-c3nc(-c4ccccc4)nc(-c4ccccc4)n3)cc2c2cc(-c3nc(-c4ccccc4)nc(-c4ccccc4)n3)ccc21. The third-order valence-corrected chi connectivity index (χ3v) is 23.4. The highest BCUT2D eigenvalue weighted by molar-refractivity contribution is 6.14. The molecular weight excluding hydrogens is 1640 g/mol. The van der Waals surface area contributed by atoms with Crippen LogP contribution in [0.4, 0.5) is 13.2 Å². The van der Waals surface area contributed by atoms with Gasteiger partial charge in [0.1, 0.15) is 0 Å². The van der Waals surface area contributed by atoms with Crippen molar-refractivity contribution in [1.29, 1.82) is 0 Å². The van der Waals surface area contributed by atoms with Crippen LogP contribution in [0.3, 0.4) is 0 Å². The van der Waals surface area contributed by atoms with Gasteiger partial charge in [-0.1, -0.05) is 315 Å². The van der Waals surface area contributed by atoms with Crippen LogP contribution in [-0.2, 0) is 6.18 Å². The molecule has 0 aliphatic heterocycles. The second kappa shape index (κ2) is 33.4. The lowest BCUT2D eigenvalue weighted by Gasteiger charge is -2.22. The van der Waals surface area contributed by atoms with Crippen LogP contribution in [0.25, 0.3) is 237 Å². The Morgan fingerprint density at radius 1 is 0.152 bits per heavy atom. The van der Waals surface area contributed by atoms with E-state index in [0.717, 1.165) is 44.5 Å². The van der Waals surface area contributed by atoms with E-state index in [9.17, 15) is 0 Å². The highest BCUT2D eigenvalue weighted by Gasteiger charge is 2.39. The number of halogens is 3. The molecule has 0 atom stereocenters. The number of hydrogen-bond acceptors (Lipinski definition) is 15. The summed E-state index contributed by atoms with van der Waals surface area (Å²) in [7, 11) is 0. The molecule has 0 amide bonds. The highest BCUT2D eigenvalue weighted by atomic mass is 19.4. The number of hydrogen-bond donors (Lipinski definition) is 0. The normalized spacial score (nSPS) is 11.6. The van der Waals surface area contributed by atoms with Crippen LogP contribution in [0, 0.1) is 0 Å². The van der Waals surface area contributed by atoms with Crippen LogP contribution in [0.15, 0.2) is 413 Å². The van der Waals surface area contributed by atoms with E-state index in [1.165, 1.54) is 0 Å². The summed E-state index contributed by atoms with van der Waals surface area (Å²) in [6.07, 6.45) is -5.11. The summed E-state index contributed by atoms with van der Waals surface area (Å²) < 4.78 is 58.9. The van der Waals surface area contributed by atoms with Crippen LogP contribution in [-0.4, -0.2) is 83.9 Å². The Hall–Kier alpha value is -18.0. The van der Waals surface area contributed by atoms with E-state index < -0.39 is 11.7 Å². The number of aromatic nitrogens is 17. The third kappa shape index (κ3) is 15.0. The minimum Gasteiger partial charge on any atom is -0.309 e. The van der Waals surface area contributed by atoms with Crippen LogP contribution in [0.5, 0.6) is 0 Å². The predicted molar refractivity (Wildman–Crippen MR) is 514 cm³/mol. The lowest BCUT2D eigenvalue weighted by atomic mass is 9.94. The molecule has 0 aliphatic carbocycles. The van der Waals surface area contributed by atoms with Crippen molar-refractivity contribution in [3.8, 4) is 193 Å². The van der Waals surface area contributed by atoms with Crippen molar-refractivity contribution >= 4 is 43.6 Å². The van der Waals surface area contributed by atoms with Gasteiger partial charge in [0, 0.05) is 111 Å². The number of alkyl halides is 3. The molecule has 23 aromatic rings. The molecule has 0 saturated heterocycles. The second-order valence-corrected chi connectivity index (χ2v) is 31.7. The first kappa shape index (κ1) is 78.7. The molecule has 0 unspecified atom stereocenters. The van der Waals surface area contributed by atoms with Crippen LogP contribution < -0.4 is 0 Å².